The molecule has 32 heavy (non-hydrogen) atoms. The number of aromatic nitrogens is 1. The number of anilines is 2. The summed E-state index contributed by atoms with van der Waals surface area (Å²) in [5, 5.41) is 5.52. The maximum absolute atomic E-state index is 13.3. The van der Waals surface area contributed by atoms with Crippen molar-refractivity contribution in [3.05, 3.63) is 71.2 Å². The molecule has 1 aliphatic heterocycles. The molecule has 0 unspecified atom stereocenters. The average Bonchev–Trinajstić information content (AvgIpc) is 3.52. The molecule has 0 bridgehead atoms. The molecular formula is C24H26N4O3S. The van der Waals surface area contributed by atoms with Crippen LogP contribution in [-0.4, -0.2) is 53.3 Å². The van der Waals surface area contributed by atoms with Crippen LogP contribution in [0.1, 0.15) is 28.9 Å². The third-order valence-corrected chi connectivity index (χ3v) is 6.12. The Morgan fingerprint density at radius 2 is 1.81 bits per heavy atom. The van der Waals surface area contributed by atoms with Crippen molar-refractivity contribution in [3.63, 3.8) is 0 Å². The van der Waals surface area contributed by atoms with Gasteiger partial charge in [-0.15, -0.1) is 11.3 Å². The highest BCUT2D eigenvalue weighted by Gasteiger charge is 2.25. The van der Waals surface area contributed by atoms with Crippen molar-refractivity contribution < 1.29 is 14.3 Å². The third-order valence-electron chi connectivity index (χ3n) is 5.36. The van der Waals surface area contributed by atoms with Gasteiger partial charge in [-0.25, -0.2) is 4.98 Å². The molecule has 0 radical (unpaired) electrons. The van der Waals surface area contributed by atoms with Gasteiger partial charge >= 0.3 is 0 Å². The van der Waals surface area contributed by atoms with Crippen LogP contribution in [0.25, 0.3) is 0 Å². The number of amides is 2. The van der Waals surface area contributed by atoms with E-state index in [1.807, 2.05) is 59.5 Å². The van der Waals surface area contributed by atoms with E-state index < -0.39 is 0 Å². The van der Waals surface area contributed by atoms with E-state index >= 15 is 0 Å². The molecule has 0 atom stereocenters. The van der Waals surface area contributed by atoms with Gasteiger partial charge in [0.1, 0.15) is 18.0 Å². The fourth-order valence-electron chi connectivity index (χ4n) is 3.69. The number of rotatable bonds is 8. The molecule has 8 heteroatoms. The van der Waals surface area contributed by atoms with E-state index in [-0.39, 0.29) is 18.4 Å². The second-order valence-corrected chi connectivity index (χ2v) is 8.46. The summed E-state index contributed by atoms with van der Waals surface area (Å²) in [6, 6.07) is 17.2. The standard InChI is InChI=1S/C24H26N4O3S/c1-31-21-12-6-5-11-19(21)25-24-26-20(17-32-24)23(30)28(15-18-9-3-2-4-10-18)16-22(29)27-13-7-8-14-27/h2-6,9-12,17H,7-8,13-16H2,1H3,(H,25,26). The number of thiazole rings is 1. The fourth-order valence-corrected chi connectivity index (χ4v) is 4.38. The maximum atomic E-state index is 13.3. The summed E-state index contributed by atoms with van der Waals surface area (Å²) in [6.45, 7) is 1.92. The Balaban J connectivity index is 1.51. The van der Waals surface area contributed by atoms with Crippen LogP contribution in [-0.2, 0) is 11.3 Å². The Labute approximate surface area is 191 Å². The summed E-state index contributed by atoms with van der Waals surface area (Å²) in [5.74, 6) is 0.414. The van der Waals surface area contributed by atoms with Gasteiger partial charge in [0.25, 0.3) is 5.91 Å². The Hall–Kier alpha value is -3.39. The fraction of sp³-hybridized carbons (Fsp3) is 0.292. The van der Waals surface area contributed by atoms with Crippen molar-refractivity contribution in [1.29, 1.82) is 0 Å². The SMILES string of the molecule is COc1ccccc1Nc1nc(C(=O)N(CC(=O)N2CCCC2)Cc2ccccc2)cs1. The lowest BCUT2D eigenvalue weighted by atomic mass is 10.2. The van der Waals surface area contributed by atoms with Gasteiger partial charge in [0, 0.05) is 25.0 Å². The van der Waals surface area contributed by atoms with E-state index in [2.05, 4.69) is 10.3 Å². The topological polar surface area (TPSA) is 74.8 Å². The molecule has 2 amide bonds. The summed E-state index contributed by atoms with van der Waals surface area (Å²) < 4.78 is 5.37. The monoisotopic (exact) mass is 450 g/mol. The maximum Gasteiger partial charge on any atom is 0.274 e. The minimum absolute atomic E-state index is 0.0191. The van der Waals surface area contributed by atoms with Crippen molar-refractivity contribution >= 4 is 34.0 Å². The number of hydrogen-bond donors (Lipinski definition) is 1. The van der Waals surface area contributed by atoms with Gasteiger partial charge in [-0.3, -0.25) is 9.59 Å². The second-order valence-electron chi connectivity index (χ2n) is 7.60. The smallest absolute Gasteiger partial charge is 0.274 e. The number of hydrogen-bond acceptors (Lipinski definition) is 6. The zero-order valence-corrected chi connectivity index (χ0v) is 18.8. The number of methoxy groups -OCH3 is 1. The molecule has 2 aromatic carbocycles. The quantitative estimate of drug-likeness (QED) is 0.558. The molecule has 0 spiro atoms. The largest absolute Gasteiger partial charge is 0.495 e. The van der Waals surface area contributed by atoms with Crippen LogP contribution in [0.4, 0.5) is 10.8 Å². The highest BCUT2D eigenvalue weighted by atomic mass is 32.1. The number of para-hydroxylation sites is 2. The predicted octanol–water partition coefficient (Wildman–Crippen LogP) is 4.16. The van der Waals surface area contributed by atoms with Crippen LogP contribution in [0.2, 0.25) is 0 Å². The second kappa shape index (κ2) is 10.3. The number of carbonyl (C=O) groups excluding carboxylic acids is 2. The lowest BCUT2D eigenvalue weighted by Gasteiger charge is -2.24. The van der Waals surface area contributed by atoms with Crippen molar-refractivity contribution in [2.24, 2.45) is 0 Å². The van der Waals surface area contributed by atoms with Crippen molar-refractivity contribution in [1.82, 2.24) is 14.8 Å². The third kappa shape index (κ3) is 5.26. The molecule has 166 valence electrons. The first-order valence-corrected chi connectivity index (χ1v) is 11.5. The first kappa shape index (κ1) is 21.8. The number of nitrogens with zero attached hydrogens (tertiary/aromatic N) is 3. The molecule has 0 saturated carbocycles. The molecule has 1 saturated heterocycles. The first-order valence-electron chi connectivity index (χ1n) is 10.6. The van der Waals surface area contributed by atoms with E-state index in [1.54, 1.807) is 17.4 Å². The van der Waals surface area contributed by atoms with E-state index in [9.17, 15) is 9.59 Å². The molecule has 7 nitrogen and oxygen atoms in total. The summed E-state index contributed by atoms with van der Waals surface area (Å²) >= 11 is 1.34. The van der Waals surface area contributed by atoms with Crippen LogP contribution in [0.15, 0.2) is 60.0 Å². The van der Waals surface area contributed by atoms with Gasteiger partial charge in [0.15, 0.2) is 5.13 Å². The summed E-state index contributed by atoms with van der Waals surface area (Å²) in [6.07, 6.45) is 2.03. The van der Waals surface area contributed by atoms with Gasteiger partial charge in [0.05, 0.1) is 12.8 Å². The Kier molecular flexibility index (Phi) is 7.01. The van der Waals surface area contributed by atoms with Gasteiger partial charge in [-0.1, -0.05) is 42.5 Å². The van der Waals surface area contributed by atoms with Crippen LogP contribution in [0, 0.1) is 0 Å². The molecule has 0 aliphatic carbocycles. The highest BCUT2D eigenvalue weighted by Crippen LogP contribution is 2.29. The lowest BCUT2D eigenvalue weighted by Crippen LogP contribution is -2.41. The van der Waals surface area contributed by atoms with Crippen LogP contribution in [0.5, 0.6) is 5.75 Å². The number of likely N-dealkylation sites (tertiary alicyclic amines) is 1. The Bertz CT molecular complexity index is 1060. The normalized spacial score (nSPS) is 13.1. The average molecular weight is 451 g/mol. The van der Waals surface area contributed by atoms with Crippen molar-refractivity contribution in [2.75, 3.05) is 32.1 Å². The molecular weight excluding hydrogens is 424 g/mol. The molecule has 4 rings (SSSR count). The molecule has 1 N–H and O–H groups in total. The zero-order chi connectivity index (χ0) is 22.3. The number of benzene rings is 2. The van der Waals surface area contributed by atoms with E-state index in [4.69, 9.17) is 4.74 Å². The van der Waals surface area contributed by atoms with Gasteiger partial charge in [-0.2, -0.15) is 0 Å². The van der Waals surface area contributed by atoms with Crippen molar-refractivity contribution in [3.8, 4) is 5.75 Å². The minimum Gasteiger partial charge on any atom is -0.495 e. The highest BCUT2D eigenvalue weighted by molar-refractivity contribution is 7.14. The molecule has 2 heterocycles. The van der Waals surface area contributed by atoms with Crippen LogP contribution < -0.4 is 10.1 Å². The molecule has 1 aromatic heterocycles. The predicted molar refractivity (Wildman–Crippen MR) is 125 cm³/mol. The van der Waals surface area contributed by atoms with Crippen molar-refractivity contribution in [2.45, 2.75) is 19.4 Å². The summed E-state index contributed by atoms with van der Waals surface area (Å²) in [5.41, 5.74) is 2.06. The number of ether oxygens (including phenoxy) is 1. The van der Waals surface area contributed by atoms with E-state index in [0.29, 0.717) is 23.1 Å². The van der Waals surface area contributed by atoms with E-state index in [1.165, 1.54) is 11.3 Å². The lowest BCUT2D eigenvalue weighted by molar-refractivity contribution is -0.130. The van der Waals surface area contributed by atoms with Crippen LogP contribution >= 0.6 is 11.3 Å². The first-order chi connectivity index (χ1) is 15.6. The molecule has 1 aliphatic rings. The van der Waals surface area contributed by atoms with Gasteiger partial charge in [0.2, 0.25) is 5.91 Å². The minimum atomic E-state index is -0.259. The van der Waals surface area contributed by atoms with Gasteiger partial charge in [-0.05, 0) is 30.5 Å². The zero-order valence-electron chi connectivity index (χ0n) is 18.0. The van der Waals surface area contributed by atoms with E-state index in [0.717, 1.165) is 37.2 Å². The number of carbonyl (C=O) groups is 2. The summed E-state index contributed by atoms with van der Waals surface area (Å²) in [4.78, 5) is 34.0. The van der Waals surface area contributed by atoms with Gasteiger partial charge < -0.3 is 19.9 Å². The number of nitrogens with one attached hydrogen (secondary N) is 1. The Morgan fingerprint density at radius 3 is 2.56 bits per heavy atom. The summed E-state index contributed by atoms with van der Waals surface area (Å²) in [7, 11) is 1.61. The molecule has 3 aromatic rings. The Morgan fingerprint density at radius 1 is 1.09 bits per heavy atom. The molecule has 1 fully saturated rings. The van der Waals surface area contributed by atoms with Crippen LogP contribution in [0.3, 0.4) is 0 Å².